The molecule has 1 fully saturated rings. The number of aliphatic hydroxyl groups excluding tert-OH is 1. The number of aliphatic hydroxyl groups is 1. The summed E-state index contributed by atoms with van der Waals surface area (Å²) in [5.41, 5.74) is 2.03. The second-order valence-corrected chi connectivity index (χ2v) is 6.84. The molecule has 1 aromatic carbocycles. The molecular formula is C18H22ClN3O2. The summed E-state index contributed by atoms with van der Waals surface area (Å²) in [6.45, 7) is 4.36. The van der Waals surface area contributed by atoms with Gasteiger partial charge in [0, 0.05) is 24.3 Å². The molecule has 0 spiro atoms. The van der Waals surface area contributed by atoms with E-state index in [4.69, 9.17) is 11.6 Å². The molecule has 1 saturated heterocycles. The molecule has 0 radical (unpaired) electrons. The van der Waals surface area contributed by atoms with E-state index in [1.54, 1.807) is 17.7 Å². The molecule has 2 aromatic rings. The highest BCUT2D eigenvalue weighted by atomic mass is 35.5. The van der Waals surface area contributed by atoms with E-state index < -0.39 is 6.10 Å². The lowest BCUT2D eigenvalue weighted by molar-refractivity contribution is 0.0675. The van der Waals surface area contributed by atoms with Gasteiger partial charge in [0.05, 0.1) is 16.8 Å². The fourth-order valence-corrected chi connectivity index (χ4v) is 3.53. The third kappa shape index (κ3) is 3.32. The molecule has 0 bridgehead atoms. The summed E-state index contributed by atoms with van der Waals surface area (Å²) in [4.78, 5) is 14.8. The van der Waals surface area contributed by atoms with E-state index in [1.807, 2.05) is 36.2 Å². The van der Waals surface area contributed by atoms with Crippen LogP contribution in [0.1, 0.15) is 42.2 Å². The lowest BCUT2D eigenvalue weighted by Crippen LogP contribution is -2.37. The summed E-state index contributed by atoms with van der Waals surface area (Å²) in [5.74, 6) is -0.0681. The summed E-state index contributed by atoms with van der Waals surface area (Å²) in [6.07, 6.45) is 3.92. The molecule has 1 N–H and O–H groups in total. The Morgan fingerprint density at radius 2 is 2.21 bits per heavy atom. The highest BCUT2D eigenvalue weighted by molar-refractivity contribution is 6.32. The van der Waals surface area contributed by atoms with Crippen molar-refractivity contribution < 1.29 is 9.90 Å². The first-order valence-electron chi connectivity index (χ1n) is 8.27. The third-order valence-corrected chi connectivity index (χ3v) is 4.77. The smallest absolute Gasteiger partial charge is 0.274 e. The summed E-state index contributed by atoms with van der Waals surface area (Å²) < 4.78 is 1.66. The topological polar surface area (TPSA) is 58.4 Å². The van der Waals surface area contributed by atoms with Crippen LogP contribution in [0.4, 0.5) is 0 Å². The minimum Gasteiger partial charge on any atom is -0.393 e. The van der Waals surface area contributed by atoms with Crippen LogP contribution >= 0.6 is 11.6 Å². The second kappa shape index (κ2) is 6.95. The number of hydrogen-bond donors (Lipinski definition) is 1. The van der Waals surface area contributed by atoms with Crippen LogP contribution in [0.5, 0.6) is 0 Å². The van der Waals surface area contributed by atoms with Crippen molar-refractivity contribution in [3.05, 3.63) is 46.7 Å². The van der Waals surface area contributed by atoms with E-state index in [1.165, 1.54) is 0 Å². The maximum atomic E-state index is 12.9. The van der Waals surface area contributed by atoms with Crippen molar-refractivity contribution >= 4 is 17.5 Å². The van der Waals surface area contributed by atoms with Crippen LogP contribution in [0.15, 0.2) is 30.5 Å². The van der Waals surface area contributed by atoms with Crippen molar-refractivity contribution in [1.82, 2.24) is 14.7 Å². The molecule has 1 aromatic heterocycles. The number of amides is 1. The molecule has 1 aliphatic rings. The zero-order valence-electron chi connectivity index (χ0n) is 13.9. The Bertz CT molecular complexity index is 742. The molecule has 2 unspecified atom stereocenters. The van der Waals surface area contributed by atoms with E-state index >= 15 is 0 Å². The molecule has 24 heavy (non-hydrogen) atoms. The van der Waals surface area contributed by atoms with Gasteiger partial charge in [0.1, 0.15) is 0 Å². The first-order valence-corrected chi connectivity index (χ1v) is 8.65. The molecule has 3 rings (SSSR count). The average Bonchev–Trinajstić information content (AvgIpc) is 3.13. The number of aryl methyl sites for hydroxylation is 1. The number of halogens is 1. The van der Waals surface area contributed by atoms with Gasteiger partial charge in [-0.05, 0) is 45.2 Å². The standard InChI is InChI=1S/C18H22ClN3O2/c1-12-11-22(16-8-4-3-7-15(16)19)20-17(12)18(24)21-9-5-6-14(21)10-13(2)23/h3-4,7-8,11,13-14,23H,5-6,9-10H2,1-2H3. The predicted molar refractivity (Wildman–Crippen MR) is 93.7 cm³/mol. The average molecular weight is 348 g/mol. The molecule has 0 aliphatic carbocycles. The summed E-state index contributed by atoms with van der Waals surface area (Å²) >= 11 is 6.22. The van der Waals surface area contributed by atoms with Crippen LogP contribution < -0.4 is 0 Å². The highest BCUT2D eigenvalue weighted by Gasteiger charge is 2.32. The molecule has 2 heterocycles. The number of rotatable bonds is 4. The van der Waals surface area contributed by atoms with Crippen molar-refractivity contribution in [2.75, 3.05) is 6.54 Å². The molecule has 2 atom stereocenters. The number of para-hydroxylation sites is 1. The molecule has 0 saturated carbocycles. The van der Waals surface area contributed by atoms with Crippen molar-refractivity contribution in [3.63, 3.8) is 0 Å². The lowest BCUT2D eigenvalue weighted by Gasteiger charge is -2.25. The van der Waals surface area contributed by atoms with Gasteiger partial charge in [-0.3, -0.25) is 4.79 Å². The maximum Gasteiger partial charge on any atom is 0.274 e. The monoisotopic (exact) mass is 347 g/mol. The van der Waals surface area contributed by atoms with Gasteiger partial charge in [-0.2, -0.15) is 5.10 Å². The zero-order valence-corrected chi connectivity index (χ0v) is 14.7. The Hall–Kier alpha value is -1.85. The number of nitrogens with zero attached hydrogens (tertiary/aromatic N) is 3. The van der Waals surface area contributed by atoms with Crippen LogP contribution in [0.2, 0.25) is 5.02 Å². The number of benzene rings is 1. The Kier molecular flexibility index (Phi) is 4.92. The van der Waals surface area contributed by atoms with Gasteiger partial charge in [-0.25, -0.2) is 4.68 Å². The highest BCUT2D eigenvalue weighted by Crippen LogP contribution is 2.25. The SMILES string of the molecule is Cc1cn(-c2ccccc2Cl)nc1C(=O)N1CCCC1CC(C)O. The zero-order chi connectivity index (χ0) is 17.3. The Morgan fingerprint density at radius 3 is 2.92 bits per heavy atom. The van der Waals surface area contributed by atoms with Gasteiger partial charge in [-0.1, -0.05) is 23.7 Å². The van der Waals surface area contributed by atoms with Crippen molar-refractivity contribution in [3.8, 4) is 5.69 Å². The Morgan fingerprint density at radius 1 is 1.46 bits per heavy atom. The maximum absolute atomic E-state index is 12.9. The number of aromatic nitrogens is 2. The van der Waals surface area contributed by atoms with Crippen molar-refractivity contribution in [2.45, 2.75) is 45.3 Å². The van der Waals surface area contributed by atoms with Crippen LogP contribution in [0.3, 0.4) is 0 Å². The van der Waals surface area contributed by atoms with Crippen LogP contribution in [0.25, 0.3) is 5.69 Å². The van der Waals surface area contributed by atoms with Crippen LogP contribution in [-0.2, 0) is 0 Å². The van der Waals surface area contributed by atoms with Gasteiger partial charge in [-0.15, -0.1) is 0 Å². The minimum absolute atomic E-state index is 0.0681. The molecule has 6 heteroatoms. The Labute approximate surface area is 146 Å². The first-order chi connectivity index (χ1) is 11.5. The van der Waals surface area contributed by atoms with Crippen LogP contribution in [-0.4, -0.2) is 44.4 Å². The number of carbonyl (C=O) groups is 1. The fourth-order valence-electron chi connectivity index (χ4n) is 3.31. The van der Waals surface area contributed by atoms with Crippen LogP contribution in [0, 0.1) is 6.92 Å². The number of carbonyl (C=O) groups excluding carboxylic acids is 1. The summed E-state index contributed by atoms with van der Waals surface area (Å²) in [6, 6.07) is 7.50. The summed E-state index contributed by atoms with van der Waals surface area (Å²) in [5, 5.41) is 14.7. The van der Waals surface area contributed by atoms with Gasteiger partial charge >= 0.3 is 0 Å². The largest absolute Gasteiger partial charge is 0.393 e. The normalized spacial score (nSPS) is 18.8. The van der Waals surface area contributed by atoms with Crippen molar-refractivity contribution in [1.29, 1.82) is 0 Å². The molecule has 5 nitrogen and oxygen atoms in total. The molecule has 1 amide bonds. The summed E-state index contributed by atoms with van der Waals surface area (Å²) in [7, 11) is 0. The van der Waals surface area contributed by atoms with E-state index in [-0.39, 0.29) is 11.9 Å². The molecule has 1 aliphatic heterocycles. The second-order valence-electron chi connectivity index (χ2n) is 6.44. The van der Waals surface area contributed by atoms with E-state index in [0.717, 1.165) is 24.1 Å². The van der Waals surface area contributed by atoms with E-state index in [2.05, 4.69) is 5.10 Å². The quantitative estimate of drug-likeness (QED) is 0.923. The predicted octanol–water partition coefficient (Wildman–Crippen LogP) is 3.21. The van der Waals surface area contributed by atoms with Gasteiger partial charge in [0.25, 0.3) is 5.91 Å². The van der Waals surface area contributed by atoms with Gasteiger partial charge in [0.2, 0.25) is 0 Å². The molecular weight excluding hydrogens is 326 g/mol. The van der Waals surface area contributed by atoms with E-state index in [9.17, 15) is 9.90 Å². The molecule has 128 valence electrons. The Balaban J connectivity index is 1.87. The fraction of sp³-hybridized carbons (Fsp3) is 0.444. The van der Waals surface area contributed by atoms with Crippen molar-refractivity contribution in [2.24, 2.45) is 0 Å². The van der Waals surface area contributed by atoms with E-state index in [0.29, 0.717) is 23.7 Å². The third-order valence-electron chi connectivity index (χ3n) is 4.45. The number of hydrogen-bond acceptors (Lipinski definition) is 3. The van der Waals surface area contributed by atoms with Gasteiger partial charge < -0.3 is 10.0 Å². The number of likely N-dealkylation sites (tertiary alicyclic amines) is 1. The lowest BCUT2D eigenvalue weighted by atomic mass is 10.1. The van der Waals surface area contributed by atoms with Gasteiger partial charge in [0.15, 0.2) is 5.69 Å². The minimum atomic E-state index is -0.412. The first kappa shape index (κ1) is 17.0.